The number of pyridine rings is 2. The van der Waals surface area contributed by atoms with Crippen molar-refractivity contribution in [2.24, 2.45) is 0 Å². The number of ketones is 1. The Kier molecular flexibility index (Phi) is 13.7. The molecule has 0 radical (unpaired) electrons. The fraction of sp³-hybridized carbons (Fsp3) is 0.380. The van der Waals surface area contributed by atoms with Gasteiger partial charge in [-0.2, -0.15) is 0 Å². The molecule has 1 aliphatic carbocycles. The molecule has 0 spiro atoms. The topological polar surface area (TPSA) is 114 Å². The van der Waals surface area contributed by atoms with Gasteiger partial charge < -0.3 is 19.7 Å². The maximum Gasteiger partial charge on any atom is 0.410 e. The zero-order valence-corrected chi connectivity index (χ0v) is 36.9. The average Bonchev–Trinajstić information content (AvgIpc) is 3.21. The molecule has 0 bridgehead atoms. The first-order chi connectivity index (χ1) is 29.3. The van der Waals surface area contributed by atoms with Crippen LogP contribution < -0.4 is 5.32 Å². The van der Waals surface area contributed by atoms with E-state index in [9.17, 15) is 14.4 Å². The van der Waals surface area contributed by atoms with Crippen LogP contribution in [0.1, 0.15) is 107 Å². The minimum Gasteiger partial charge on any atom is -0.444 e. The lowest BCUT2D eigenvalue weighted by Gasteiger charge is -2.44. The van der Waals surface area contributed by atoms with Crippen LogP contribution in [-0.4, -0.2) is 68.4 Å². The molecule has 1 aliphatic heterocycles. The van der Waals surface area contributed by atoms with Gasteiger partial charge in [-0.3, -0.25) is 19.5 Å². The lowest BCUT2D eigenvalue weighted by molar-refractivity contribution is -0.0624. The van der Waals surface area contributed by atoms with Crippen LogP contribution in [0, 0.1) is 13.8 Å². The molecule has 5 aromatic rings. The molecule has 1 saturated carbocycles. The van der Waals surface area contributed by atoms with Crippen LogP contribution in [-0.2, 0) is 42.0 Å². The highest BCUT2D eigenvalue weighted by Crippen LogP contribution is 2.37. The number of anilines is 1. The van der Waals surface area contributed by atoms with Gasteiger partial charge in [0.15, 0.2) is 5.78 Å². The number of Topliss-reactive ketones (excluding diaryl/α,β-unsaturated/α-hetero) is 1. The number of fused-ring (bicyclic) bond motifs is 1. The summed E-state index contributed by atoms with van der Waals surface area (Å²) in [6, 6.07) is 27.5. The van der Waals surface area contributed by atoms with E-state index >= 15 is 0 Å². The van der Waals surface area contributed by atoms with Crippen molar-refractivity contribution in [1.29, 1.82) is 0 Å². The molecule has 2 aliphatic rings. The smallest absolute Gasteiger partial charge is 0.410 e. The molecular weight excluding hydrogens is 786 g/mol. The van der Waals surface area contributed by atoms with Gasteiger partial charge in [0, 0.05) is 49.5 Å². The molecule has 61 heavy (non-hydrogen) atoms. The first kappa shape index (κ1) is 43.7. The normalized spacial score (nSPS) is 16.3. The second kappa shape index (κ2) is 19.1. The van der Waals surface area contributed by atoms with Crippen molar-refractivity contribution in [1.82, 2.24) is 19.8 Å². The fourth-order valence-corrected chi connectivity index (χ4v) is 8.41. The number of ether oxygens (including phenoxy) is 2. The summed E-state index contributed by atoms with van der Waals surface area (Å²) in [5, 5.41) is 3.49. The van der Waals surface area contributed by atoms with Gasteiger partial charge in [0.25, 0.3) is 5.91 Å². The first-order valence-corrected chi connectivity index (χ1v) is 21.7. The number of rotatable bonds is 14. The second-order valence-electron chi connectivity index (χ2n) is 17.3. The summed E-state index contributed by atoms with van der Waals surface area (Å²) in [5.74, 6) is -0.449. The van der Waals surface area contributed by atoms with Crippen LogP contribution in [0.15, 0.2) is 91.1 Å². The van der Waals surface area contributed by atoms with Crippen LogP contribution >= 0.6 is 11.6 Å². The fourth-order valence-electron chi connectivity index (χ4n) is 8.12. The predicted molar refractivity (Wildman–Crippen MR) is 240 cm³/mol. The maximum absolute atomic E-state index is 13.9. The van der Waals surface area contributed by atoms with Crippen molar-refractivity contribution < 1.29 is 23.9 Å². The summed E-state index contributed by atoms with van der Waals surface area (Å²) in [7, 11) is 0. The van der Waals surface area contributed by atoms with E-state index in [1.54, 1.807) is 23.2 Å². The van der Waals surface area contributed by atoms with Crippen molar-refractivity contribution in [3.05, 3.63) is 147 Å². The lowest BCUT2D eigenvalue weighted by Crippen LogP contribution is -2.50. The van der Waals surface area contributed by atoms with Gasteiger partial charge in [0.1, 0.15) is 17.0 Å². The van der Waals surface area contributed by atoms with Crippen LogP contribution in [0.5, 0.6) is 0 Å². The van der Waals surface area contributed by atoms with E-state index in [-0.39, 0.29) is 36.0 Å². The van der Waals surface area contributed by atoms with E-state index in [2.05, 4.69) is 34.3 Å². The number of carbonyl (C=O) groups is 3. The Hall–Kier alpha value is -5.42. The molecule has 0 atom stereocenters. The molecule has 3 heterocycles. The van der Waals surface area contributed by atoms with Gasteiger partial charge in [-0.1, -0.05) is 85.3 Å². The molecule has 1 fully saturated rings. The van der Waals surface area contributed by atoms with Gasteiger partial charge in [0.2, 0.25) is 0 Å². The van der Waals surface area contributed by atoms with Gasteiger partial charge in [-0.05, 0) is 117 Å². The summed E-state index contributed by atoms with van der Waals surface area (Å²) >= 11 is 7.09. The van der Waals surface area contributed by atoms with Crippen LogP contribution in [0.2, 0.25) is 5.02 Å². The first-order valence-electron chi connectivity index (χ1n) is 21.3. The van der Waals surface area contributed by atoms with Crippen LogP contribution in [0.3, 0.4) is 0 Å². The van der Waals surface area contributed by atoms with Gasteiger partial charge in [-0.15, -0.1) is 0 Å². The van der Waals surface area contributed by atoms with Crippen molar-refractivity contribution >= 4 is 35.1 Å². The SMILES string of the molecule is CCCN(Cc1ccc(C(=O)Nc2cccc(-c3cccc(CC(=O)c4cc(C)c5c(n4)CN(C4CC(OCc6ccccc6)C4)CC5)c3Cl)c2C)nc1)C(=O)OC(C)(C)C. The molecule has 318 valence electrons. The molecule has 10 nitrogen and oxygen atoms in total. The average molecular weight is 842 g/mol. The van der Waals surface area contributed by atoms with E-state index in [0.717, 1.165) is 72.3 Å². The van der Waals surface area contributed by atoms with E-state index in [0.29, 0.717) is 47.7 Å². The van der Waals surface area contributed by atoms with Crippen molar-refractivity contribution in [3.8, 4) is 11.1 Å². The molecule has 7 rings (SSSR count). The van der Waals surface area contributed by atoms with E-state index in [1.165, 1.54) is 11.1 Å². The molecule has 3 aromatic carbocycles. The number of amides is 2. The third-order valence-electron chi connectivity index (χ3n) is 11.5. The minimum absolute atomic E-state index is 0.0840. The number of aromatic nitrogens is 2. The van der Waals surface area contributed by atoms with E-state index in [4.69, 9.17) is 26.1 Å². The maximum atomic E-state index is 13.9. The minimum atomic E-state index is -0.602. The highest BCUT2D eigenvalue weighted by atomic mass is 35.5. The lowest BCUT2D eigenvalue weighted by atomic mass is 9.86. The highest BCUT2D eigenvalue weighted by molar-refractivity contribution is 6.34. The van der Waals surface area contributed by atoms with E-state index < -0.39 is 5.60 Å². The zero-order chi connectivity index (χ0) is 43.3. The summed E-state index contributed by atoms with van der Waals surface area (Å²) in [5.41, 5.74) is 9.16. The highest BCUT2D eigenvalue weighted by Gasteiger charge is 2.36. The largest absolute Gasteiger partial charge is 0.444 e. The third-order valence-corrected chi connectivity index (χ3v) is 12.0. The van der Waals surface area contributed by atoms with Gasteiger partial charge in [-0.25, -0.2) is 9.78 Å². The van der Waals surface area contributed by atoms with Gasteiger partial charge in [0.05, 0.1) is 30.0 Å². The molecule has 11 heteroatoms. The summed E-state index contributed by atoms with van der Waals surface area (Å²) in [6.45, 7) is 14.7. The van der Waals surface area contributed by atoms with Crippen LogP contribution in [0.25, 0.3) is 11.1 Å². The van der Waals surface area contributed by atoms with Crippen molar-refractivity contribution in [3.63, 3.8) is 0 Å². The van der Waals surface area contributed by atoms with Crippen molar-refractivity contribution in [2.75, 3.05) is 18.4 Å². The number of carbonyl (C=O) groups excluding carboxylic acids is 3. The molecule has 0 saturated heterocycles. The number of halogens is 1. The molecule has 2 amide bonds. The molecular formula is C50H56ClN5O5. The molecule has 2 aromatic heterocycles. The standard InChI is InChI=1S/C50H56ClN5O5/c1-7-22-56(49(59)61-50(4,5)6)29-35-19-20-43(52-28-35)48(58)54-42-18-12-16-40(33(42)3)41-17-11-15-36(47(41)51)25-46(57)44-24-32(2)39-21-23-55(30-45(39)53-44)37-26-38(27-37)60-31-34-13-9-8-10-14-34/h8-20,24,28,37-38H,7,21-23,25-27,29-31H2,1-6H3,(H,54,58). The number of hydrogen-bond acceptors (Lipinski definition) is 8. The number of benzene rings is 3. The Morgan fingerprint density at radius 1 is 0.918 bits per heavy atom. The zero-order valence-electron chi connectivity index (χ0n) is 36.1. The Labute approximate surface area is 364 Å². The summed E-state index contributed by atoms with van der Waals surface area (Å²) in [6.07, 6.45) is 5.31. The number of nitrogens with one attached hydrogen (secondary N) is 1. The second-order valence-corrected chi connectivity index (χ2v) is 17.7. The summed E-state index contributed by atoms with van der Waals surface area (Å²) < 4.78 is 11.8. The van der Waals surface area contributed by atoms with Gasteiger partial charge >= 0.3 is 6.09 Å². The third kappa shape index (κ3) is 10.7. The monoisotopic (exact) mass is 841 g/mol. The number of hydrogen-bond donors (Lipinski definition) is 1. The molecule has 0 unspecified atom stereocenters. The Bertz CT molecular complexity index is 2370. The van der Waals surface area contributed by atoms with Crippen molar-refractivity contribution in [2.45, 2.75) is 111 Å². The predicted octanol–water partition coefficient (Wildman–Crippen LogP) is 10.3. The number of nitrogens with zero attached hydrogens (tertiary/aromatic N) is 4. The number of aryl methyl sites for hydroxylation is 1. The quantitative estimate of drug-likeness (QED) is 0.110. The Balaban J connectivity index is 0.984. The summed E-state index contributed by atoms with van der Waals surface area (Å²) in [4.78, 5) is 53.6. The van der Waals surface area contributed by atoms with E-state index in [1.807, 2.05) is 95.3 Å². The Morgan fingerprint density at radius 2 is 1.67 bits per heavy atom. The Morgan fingerprint density at radius 3 is 2.39 bits per heavy atom. The molecule has 1 N–H and O–H groups in total. The van der Waals surface area contributed by atoms with Crippen LogP contribution in [0.4, 0.5) is 10.5 Å².